The highest BCUT2D eigenvalue weighted by Crippen LogP contribution is 2.24. The molecule has 28 heavy (non-hydrogen) atoms. The van der Waals surface area contributed by atoms with E-state index in [4.69, 9.17) is 9.15 Å². The van der Waals surface area contributed by atoms with Crippen LogP contribution in [0.3, 0.4) is 0 Å². The molecule has 0 bridgehead atoms. The van der Waals surface area contributed by atoms with Crippen molar-refractivity contribution < 1.29 is 18.7 Å². The number of ether oxygens (including phenoxy) is 1. The van der Waals surface area contributed by atoms with Gasteiger partial charge in [0.1, 0.15) is 11.5 Å². The van der Waals surface area contributed by atoms with Gasteiger partial charge in [-0.2, -0.15) is 0 Å². The molecule has 3 heterocycles. The zero-order valence-corrected chi connectivity index (χ0v) is 18.3. The van der Waals surface area contributed by atoms with Crippen LogP contribution >= 0.6 is 27.3 Å². The van der Waals surface area contributed by atoms with Gasteiger partial charge in [-0.1, -0.05) is 0 Å². The van der Waals surface area contributed by atoms with E-state index in [-0.39, 0.29) is 24.4 Å². The first-order chi connectivity index (χ1) is 13.4. The lowest BCUT2D eigenvalue weighted by Gasteiger charge is -2.33. The van der Waals surface area contributed by atoms with Gasteiger partial charge < -0.3 is 19.4 Å². The Bertz CT molecular complexity index is 816. The van der Waals surface area contributed by atoms with Crippen LogP contribution in [0.4, 0.5) is 0 Å². The van der Waals surface area contributed by atoms with Gasteiger partial charge in [-0.05, 0) is 47.1 Å². The Balaban J connectivity index is 1.57. The van der Waals surface area contributed by atoms with Crippen molar-refractivity contribution in [2.75, 3.05) is 46.4 Å². The highest BCUT2D eigenvalue weighted by Gasteiger charge is 2.26. The van der Waals surface area contributed by atoms with Crippen LogP contribution in [0.25, 0.3) is 0 Å². The molecule has 1 unspecified atom stereocenters. The summed E-state index contributed by atoms with van der Waals surface area (Å²) >= 11 is 4.70. The molecule has 1 atom stereocenters. The Kier molecular flexibility index (Phi) is 7.28. The number of hydrogen-bond donors (Lipinski definition) is 1. The maximum absolute atomic E-state index is 12.4. The quantitative estimate of drug-likeness (QED) is 0.674. The minimum absolute atomic E-state index is 0.00136. The van der Waals surface area contributed by atoms with Crippen molar-refractivity contribution >= 4 is 39.1 Å². The van der Waals surface area contributed by atoms with Gasteiger partial charge in [0.2, 0.25) is 5.91 Å². The monoisotopic (exact) mass is 469 g/mol. The van der Waals surface area contributed by atoms with Gasteiger partial charge in [0.05, 0.1) is 34.5 Å². The summed E-state index contributed by atoms with van der Waals surface area (Å²) in [6.45, 7) is 5.22. The van der Waals surface area contributed by atoms with Crippen LogP contribution in [0.2, 0.25) is 0 Å². The summed E-state index contributed by atoms with van der Waals surface area (Å²) in [4.78, 5) is 29.1. The van der Waals surface area contributed by atoms with E-state index in [1.807, 2.05) is 25.1 Å². The summed E-state index contributed by atoms with van der Waals surface area (Å²) in [6, 6.07) is 7.39. The molecule has 1 aliphatic rings. The molecular formula is C19H24BrN3O4S. The van der Waals surface area contributed by atoms with Crippen molar-refractivity contribution in [2.45, 2.75) is 13.0 Å². The van der Waals surface area contributed by atoms with Gasteiger partial charge in [0, 0.05) is 26.7 Å². The lowest BCUT2D eigenvalue weighted by molar-refractivity contribution is -0.122. The van der Waals surface area contributed by atoms with E-state index in [1.165, 1.54) is 16.2 Å². The van der Waals surface area contributed by atoms with Gasteiger partial charge in [-0.15, -0.1) is 11.3 Å². The van der Waals surface area contributed by atoms with Crippen LogP contribution in [0.15, 0.2) is 32.5 Å². The van der Waals surface area contributed by atoms with Gasteiger partial charge in [-0.3, -0.25) is 14.5 Å². The van der Waals surface area contributed by atoms with E-state index >= 15 is 0 Å². The second-order valence-electron chi connectivity index (χ2n) is 6.68. The fourth-order valence-electron chi connectivity index (χ4n) is 3.10. The number of rotatable bonds is 7. The lowest BCUT2D eigenvalue weighted by Crippen LogP contribution is -2.45. The number of carbonyl (C=O) groups excluding carboxylic acids is 2. The van der Waals surface area contributed by atoms with Crippen LogP contribution in [0, 0.1) is 6.92 Å². The molecule has 1 aliphatic heterocycles. The molecule has 152 valence electrons. The van der Waals surface area contributed by atoms with Crippen LogP contribution in [-0.2, 0) is 9.53 Å². The van der Waals surface area contributed by atoms with Gasteiger partial charge in [0.25, 0.3) is 5.91 Å². The molecule has 1 fully saturated rings. The fourth-order valence-corrected chi connectivity index (χ4v) is 4.48. The molecule has 0 spiro atoms. The van der Waals surface area contributed by atoms with Gasteiger partial charge >= 0.3 is 0 Å². The number of morpholine rings is 1. The molecular weight excluding hydrogens is 446 g/mol. The molecule has 2 aromatic rings. The number of nitrogens with one attached hydrogen (secondary N) is 1. The summed E-state index contributed by atoms with van der Waals surface area (Å²) in [5.41, 5.74) is 0. The Morgan fingerprint density at radius 3 is 2.64 bits per heavy atom. The van der Waals surface area contributed by atoms with Crippen molar-refractivity contribution in [3.63, 3.8) is 0 Å². The van der Waals surface area contributed by atoms with Gasteiger partial charge in [0.15, 0.2) is 0 Å². The Hall–Kier alpha value is -1.68. The zero-order valence-electron chi connectivity index (χ0n) is 15.9. The molecule has 0 aliphatic carbocycles. The molecule has 2 aromatic heterocycles. The molecule has 1 saturated heterocycles. The lowest BCUT2D eigenvalue weighted by atomic mass is 10.1. The number of hydrogen-bond acceptors (Lipinski definition) is 6. The second-order valence-corrected chi connectivity index (χ2v) is 9.14. The second kappa shape index (κ2) is 9.69. The summed E-state index contributed by atoms with van der Waals surface area (Å²) in [6.07, 6.45) is 0. The Labute approximate surface area is 176 Å². The zero-order chi connectivity index (χ0) is 20.1. The SMILES string of the molecule is Cc1ccc(C(CNC(=O)CN(C)C(=O)c2ccc(Br)s2)N2CCOCC2)o1. The number of furan rings is 1. The highest BCUT2D eigenvalue weighted by molar-refractivity contribution is 9.11. The minimum atomic E-state index is -0.201. The van der Waals surface area contributed by atoms with E-state index in [0.717, 1.165) is 28.4 Å². The number of aryl methyl sites for hydroxylation is 1. The topological polar surface area (TPSA) is 75.0 Å². The maximum Gasteiger partial charge on any atom is 0.264 e. The predicted molar refractivity (Wildman–Crippen MR) is 111 cm³/mol. The smallest absolute Gasteiger partial charge is 0.264 e. The number of likely N-dealkylation sites (N-methyl/N-ethyl adjacent to an activating group) is 1. The molecule has 1 N–H and O–H groups in total. The first kappa shape index (κ1) is 21.0. The standard InChI is InChI=1S/C19H24BrN3O4S/c1-13-3-4-15(27-13)14(23-7-9-26-10-8-23)11-21-18(24)12-22(2)19(25)16-5-6-17(20)28-16/h3-6,14H,7-12H2,1-2H3,(H,21,24). The van der Waals surface area contributed by atoms with Crippen LogP contribution < -0.4 is 5.32 Å². The van der Waals surface area contributed by atoms with Crippen molar-refractivity contribution in [3.8, 4) is 0 Å². The van der Waals surface area contributed by atoms with E-state index in [0.29, 0.717) is 24.6 Å². The van der Waals surface area contributed by atoms with Crippen molar-refractivity contribution in [2.24, 2.45) is 0 Å². The summed E-state index contributed by atoms with van der Waals surface area (Å²) < 4.78 is 12.1. The third-order valence-corrected chi connectivity index (χ3v) is 6.19. The third-order valence-electron chi connectivity index (χ3n) is 4.58. The fraction of sp³-hybridized carbons (Fsp3) is 0.474. The van der Waals surface area contributed by atoms with Crippen molar-refractivity contribution in [1.82, 2.24) is 15.1 Å². The molecule has 0 radical (unpaired) electrons. The molecule has 9 heteroatoms. The van der Waals surface area contributed by atoms with Crippen molar-refractivity contribution in [3.05, 3.63) is 44.4 Å². The first-order valence-corrected chi connectivity index (χ1v) is 10.7. The summed E-state index contributed by atoms with van der Waals surface area (Å²) in [5, 5.41) is 2.95. The molecule has 3 rings (SSSR count). The molecule has 0 saturated carbocycles. The number of amides is 2. The number of nitrogens with zero attached hydrogens (tertiary/aromatic N) is 2. The van der Waals surface area contributed by atoms with E-state index < -0.39 is 0 Å². The van der Waals surface area contributed by atoms with Crippen LogP contribution in [0.5, 0.6) is 0 Å². The van der Waals surface area contributed by atoms with Crippen molar-refractivity contribution in [1.29, 1.82) is 0 Å². The minimum Gasteiger partial charge on any atom is -0.465 e. The predicted octanol–water partition coefficient (Wildman–Crippen LogP) is 2.67. The van der Waals surface area contributed by atoms with E-state index in [9.17, 15) is 9.59 Å². The first-order valence-electron chi connectivity index (χ1n) is 9.09. The molecule has 0 aromatic carbocycles. The number of carbonyl (C=O) groups is 2. The molecule has 2 amide bonds. The largest absolute Gasteiger partial charge is 0.465 e. The van der Waals surface area contributed by atoms with Crippen LogP contribution in [-0.4, -0.2) is 68.1 Å². The normalized spacial score (nSPS) is 16.0. The maximum atomic E-state index is 12.4. The summed E-state index contributed by atoms with van der Waals surface area (Å²) in [5.74, 6) is 1.30. The van der Waals surface area contributed by atoms with E-state index in [2.05, 4.69) is 26.1 Å². The average Bonchev–Trinajstić information content (AvgIpc) is 3.30. The van der Waals surface area contributed by atoms with E-state index in [1.54, 1.807) is 13.1 Å². The third kappa shape index (κ3) is 5.44. The Morgan fingerprint density at radius 1 is 1.29 bits per heavy atom. The molecule has 7 nitrogen and oxygen atoms in total. The van der Waals surface area contributed by atoms with Gasteiger partial charge in [-0.25, -0.2) is 0 Å². The highest BCUT2D eigenvalue weighted by atomic mass is 79.9. The number of halogens is 1. The van der Waals surface area contributed by atoms with Crippen LogP contribution in [0.1, 0.15) is 27.2 Å². The number of thiophene rings is 1. The average molecular weight is 470 g/mol. The Morgan fingerprint density at radius 2 is 2.04 bits per heavy atom. The summed E-state index contributed by atoms with van der Waals surface area (Å²) in [7, 11) is 1.63.